The van der Waals surface area contributed by atoms with Crippen LogP contribution in [0.3, 0.4) is 0 Å². The van der Waals surface area contributed by atoms with Gasteiger partial charge in [-0.15, -0.1) is 11.3 Å². The molecule has 0 amide bonds. The van der Waals surface area contributed by atoms with Gasteiger partial charge in [0, 0.05) is 4.88 Å². The van der Waals surface area contributed by atoms with Gasteiger partial charge in [0.2, 0.25) is 0 Å². The van der Waals surface area contributed by atoms with Gasteiger partial charge in [-0.25, -0.2) is 0 Å². The summed E-state index contributed by atoms with van der Waals surface area (Å²) in [6, 6.07) is 4.33. The highest BCUT2D eigenvalue weighted by Crippen LogP contribution is 2.27. The Morgan fingerprint density at radius 2 is 2.31 bits per heavy atom. The van der Waals surface area contributed by atoms with Crippen LogP contribution in [0.1, 0.15) is 17.7 Å². The number of rotatable bonds is 5. The van der Waals surface area contributed by atoms with E-state index in [1.165, 1.54) is 34.5 Å². The zero-order valence-electron chi connectivity index (χ0n) is 7.55. The third-order valence-corrected chi connectivity index (χ3v) is 3.99. The highest BCUT2D eigenvalue weighted by Gasteiger charge is 2.19. The summed E-state index contributed by atoms with van der Waals surface area (Å²) in [4.78, 5) is 1.47. The van der Waals surface area contributed by atoms with Crippen molar-refractivity contribution in [2.75, 3.05) is 13.1 Å². The van der Waals surface area contributed by atoms with Crippen molar-refractivity contribution in [2.24, 2.45) is 5.92 Å². The summed E-state index contributed by atoms with van der Waals surface area (Å²) in [7, 11) is 0. The molecule has 1 N–H and O–H groups in total. The van der Waals surface area contributed by atoms with Crippen molar-refractivity contribution in [2.45, 2.75) is 19.3 Å². The highest BCUT2D eigenvalue weighted by atomic mass is 79.9. The zero-order chi connectivity index (χ0) is 9.10. The number of halogens is 1. The van der Waals surface area contributed by atoms with Gasteiger partial charge in [0.05, 0.1) is 3.79 Å². The van der Waals surface area contributed by atoms with E-state index in [-0.39, 0.29) is 0 Å². The summed E-state index contributed by atoms with van der Waals surface area (Å²) in [6.07, 6.45) is 4.05. The third-order valence-electron chi connectivity index (χ3n) is 2.31. The maximum Gasteiger partial charge on any atom is 0.0701 e. The molecule has 0 radical (unpaired) electrons. The van der Waals surface area contributed by atoms with E-state index in [1.807, 2.05) is 11.3 Å². The van der Waals surface area contributed by atoms with Crippen LogP contribution < -0.4 is 5.32 Å². The highest BCUT2D eigenvalue weighted by molar-refractivity contribution is 9.11. The van der Waals surface area contributed by atoms with Crippen LogP contribution in [0, 0.1) is 5.92 Å². The van der Waals surface area contributed by atoms with Crippen molar-refractivity contribution in [3.05, 3.63) is 20.8 Å². The molecule has 1 fully saturated rings. The predicted octanol–water partition coefficient (Wildman–Crippen LogP) is 3.05. The van der Waals surface area contributed by atoms with Gasteiger partial charge in [-0.3, -0.25) is 0 Å². The minimum atomic E-state index is 0.995. The second-order valence-corrected chi connectivity index (χ2v) is 6.15. The molecule has 1 aromatic heterocycles. The Labute approximate surface area is 91.7 Å². The summed E-state index contributed by atoms with van der Waals surface area (Å²) >= 11 is 5.31. The molecule has 1 nitrogen and oxygen atoms in total. The zero-order valence-corrected chi connectivity index (χ0v) is 9.96. The summed E-state index contributed by atoms with van der Waals surface area (Å²) in [5.41, 5.74) is 0. The molecule has 1 aliphatic carbocycles. The Morgan fingerprint density at radius 1 is 1.46 bits per heavy atom. The first-order chi connectivity index (χ1) is 6.34. The van der Waals surface area contributed by atoms with Crippen LogP contribution in [0.15, 0.2) is 15.9 Å². The summed E-state index contributed by atoms with van der Waals surface area (Å²) < 4.78 is 1.24. The molecule has 0 unspecified atom stereocenters. The van der Waals surface area contributed by atoms with Crippen molar-refractivity contribution in [3.63, 3.8) is 0 Å². The second-order valence-electron chi connectivity index (χ2n) is 3.60. The molecule has 13 heavy (non-hydrogen) atoms. The smallest absolute Gasteiger partial charge is 0.0701 e. The molecule has 2 rings (SSSR count). The molecule has 0 spiro atoms. The molecule has 1 heterocycles. The van der Waals surface area contributed by atoms with Gasteiger partial charge >= 0.3 is 0 Å². The lowest BCUT2D eigenvalue weighted by molar-refractivity contribution is 0.639. The lowest BCUT2D eigenvalue weighted by Crippen LogP contribution is -2.19. The van der Waals surface area contributed by atoms with Crippen LogP contribution in [-0.4, -0.2) is 13.1 Å². The van der Waals surface area contributed by atoms with Gasteiger partial charge in [0.25, 0.3) is 0 Å². The van der Waals surface area contributed by atoms with E-state index in [0.29, 0.717) is 0 Å². The maximum atomic E-state index is 3.50. The average molecular weight is 260 g/mol. The molecule has 3 heteroatoms. The second kappa shape index (κ2) is 4.58. The van der Waals surface area contributed by atoms with Crippen LogP contribution in [0.25, 0.3) is 0 Å². The molecular weight excluding hydrogens is 246 g/mol. The molecule has 1 aromatic rings. The fraction of sp³-hybridized carbons (Fsp3) is 0.600. The van der Waals surface area contributed by atoms with Gasteiger partial charge in [-0.05, 0) is 66.3 Å². The van der Waals surface area contributed by atoms with E-state index in [1.54, 1.807) is 0 Å². The minimum Gasteiger partial charge on any atom is -0.316 e. The Bertz CT molecular complexity index is 268. The van der Waals surface area contributed by atoms with E-state index in [2.05, 4.69) is 33.4 Å². The van der Waals surface area contributed by atoms with E-state index in [0.717, 1.165) is 12.5 Å². The Kier molecular flexibility index (Phi) is 3.41. The van der Waals surface area contributed by atoms with Crippen molar-refractivity contribution < 1.29 is 0 Å². The van der Waals surface area contributed by atoms with Crippen molar-refractivity contribution in [1.82, 2.24) is 5.32 Å². The Hall–Kier alpha value is 0.140. The molecule has 0 aromatic carbocycles. The van der Waals surface area contributed by atoms with Crippen LogP contribution in [0.2, 0.25) is 0 Å². The lowest BCUT2D eigenvalue weighted by Gasteiger charge is -2.00. The van der Waals surface area contributed by atoms with E-state index in [9.17, 15) is 0 Å². The van der Waals surface area contributed by atoms with E-state index >= 15 is 0 Å². The fourth-order valence-corrected chi connectivity index (χ4v) is 2.81. The molecule has 0 saturated heterocycles. The van der Waals surface area contributed by atoms with Crippen LogP contribution in [0.5, 0.6) is 0 Å². The number of nitrogens with one attached hydrogen (secondary N) is 1. The average Bonchev–Trinajstić information content (AvgIpc) is 2.84. The van der Waals surface area contributed by atoms with E-state index < -0.39 is 0 Å². The van der Waals surface area contributed by atoms with Crippen LogP contribution >= 0.6 is 27.3 Å². The van der Waals surface area contributed by atoms with Crippen molar-refractivity contribution >= 4 is 27.3 Å². The molecular formula is C10H14BrNS. The first kappa shape index (κ1) is 9.69. The Balaban J connectivity index is 1.61. The maximum absolute atomic E-state index is 3.50. The summed E-state index contributed by atoms with van der Waals surface area (Å²) in [5, 5.41) is 3.50. The van der Waals surface area contributed by atoms with Crippen molar-refractivity contribution in [1.29, 1.82) is 0 Å². The van der Waals surface area contributed by atoms with Gasteiger partial charge in [0.15, 0.2) is 0 Å². The van der Waals surface area contributed by atoms with E-state index in [4.69, 9.17) is 0 Å². The fourth-order valence-electron chi connectivity index (χ4n) is 1.33. The minimum absolute atomic E-state index is 0.995. The molecule has 0 atom stereocenters. The number of thiophene rings is 1. The molecule has 1 aliphatic rings. The van der Waals surface area contributed by atoms with Crippen LogP contribution in [-0.2, 0) is 6.42 Å². The van der Waals surface area contributed by atoms with Crippen molar-refractivity contribution in [3.8, 4) is 0 Å². The van der Waals surface area contributed by atoms with Gasteiger partial charge < -0.3 is 5.32 Å². The monoisotopic (exact) mass is 259 g/mol. The first-order valence-electron chi connectivity index (χ1n) is 4.79. The quantitative estimate of drug-likeness (QED) is 0.802. The number of hydrogen-bond acceptors (Lipinski definition) is 2. The molecule has 0 bridgehead atoms. The molecule has 0 aliphatic heterocycles. The molecule has 72 valence electrons. The van der Waals surface area contributed by atoms with Crippen LogP contribution in [0.4, 0.5) is 0 Å². The molecule has 1 saturated carbocycles. The standard InChI is InChI=1S/C10H14BrNS/c11-10-4-3-9(13-10)5-6-12-7-8-1-2-8/h3-4,8,12H,1-2,5-7H2. The summed E-state index contributed by atoms with van der Waals surface area (Å²) in [5.74, 6) is 0.995. The largest absolute Gasteiger partial charge is 0.316 e. The lowest BCUT2D eigenvalue weighted by atomic mass is 10.3. The van der Waals surface area contributed by atoms with Gasteiger partial charge in [-0.1, -0.05) is 0 Å². The number of hydrogen-bond donors (Lipinski definition) is 1. The predicted molar refractivity (Wildman–Crippen MR) is 61.3 cm³/mol. The summed E-state index contributed by atoms with van der Waals surface area (Å²) in [6.45, 7) is 2.36. The first-order valence-corrected chi connectivity index (χ1v) is 6.40. The Morgan fingerprint density at radius 3 is 2.92 bits per heavy atom. The van der Waals surface area contributed by atoms with Gasteiger partial charge in [-0.2, -0.15) is 0 Å². The normalized spacial score (nSPS) is 16.4. The third kappa shape index (κ3) is 3.41. The van der Waals surface area contributed by atoms with Gasteiger partial charge in [0.1, 0.15) is 0 Å². The SMILES string of the molecule is Brc1ccc(CCNCC2CC2)s1. The topological polar surface area (TPSA) is 12.0 Å².